The number of carbonyl (C=O) groups excluding carboxylic acids is 1. The van der Waals surface area contributed by atoms with E-state index in [0.29, 0.717) is 6.42 Å². The van der Waals surface area contributed by atoms with E-state index in [2.05, 4.69) is 19.1 Å². The van der Waals surface area contributed by atoms with Gasteiger partial charge in [-0.25, -0.2) is 0 Å². The van der Waals surface area contributed by atoms with Crippen molar-refractivity contribution in [2.45, 2.75) is 39.0 Å². The highest BCUT2D eigenvalue weighted by molar-refractivity contribution is 5.97. The van der Waals surface area contributed by atoms with Crippen LogP contribution in [0.25, 0.3) is 5.57 Å². The molecule has 0 saturated heterocycles. The molecule has 0 amide bonds. The van der Waals surface area contributed by atoms with Crippen LogP contribution in [0.5, 0.6) is 5.75 Å². The molecule has 0 atom stereocenters. The molecule has 1 aromatic rings. The number of allylic oxidation sites excluding steroid dienone is 2. The molecule has 0 heterocycles. The van der Waals surface area contributed by atoms with Gasteiger partial charge >= 0.3 is 0 Å². The van der Waals surface area contributed by atoms with E-state index in [-0.39, 0.29) is 5.78 Å². The van der Waals surface area contributed by atoms with Crippen LogP contribution in [0.3, 0.4) is 0 Å². The van der Waals surface area contributed by atoms with Gasteiger partial charge in [0.25, 0.3) is 0 Å². The van der Waals surface area contributed by atoms with Crippen molar-refractivity contribution in [3.63, 3.8) is 0 Å². The van der Waals surface area contributed by atoms with E-state index in [0.717, 1.165) is 43.6 Å². The fraction of sp³-hybridized carbons (Fsp3) is 0.438. The molecule has 1 aliphatic carbocycles. The number of hydrogen-bond acceptors (Lipinski definition) is 2. The first-order chi connectivity index (χ1) is 8.79. The molecule has 2 rings (SSSR count). The molecule has 0 aromatic heterocycles. The molecule has 2 heteroatoms. The summed E-state index contributed by atoms with van der Waals surface area (Å²) in [4.78, 5) is 11.6. The Balaban J connectivity index is 2.10. The van der Waals surface area contributed by atoms with Crippen molar-refractivity contribution < 1.29 is 9.53 Å². The Bertz CT molecular complexity index is 429. The zero-order valence-electron chi connectivity index (χ0n) is 10.9. The lowest BCUT2D eigenvalue weighted by Crippen LogP contribution is -1.95. The second kappa shape index (κ2) is 6.39. The van der Waals surface area contributed by atoms with Gasteiger partial charge in [0, 0.05) is 6.42 Å². The maximum Gasteiger partial charge on any atom is 0.155 e. The molecule has 0 saturated carbocycles. The fourth-order valence-electron chi connectivity index (χ4n) is 2.17. The molecule has 2 nitrogen and oxygen atoms in total. The van der Waals surface area contributed by atoms with Gasteiger partial charge in [0.15, 0.2) is 5.78 Å². The SMILES string of the molecule is CCCOc1ccc(C2=CC(=O)CCCC2)cc1. The largest absolute Gasteiger partial charge is 0.494 e. The Morgan fingerprint density at radius 1 is 1.11 bits per heavy atom. The molecule has 0 radical (unpaired) electrons. The first-order valence-corrected chi connectivity index (χ1v) is 6.76. The Morgan fingerprint density at radius 2 is 1.83 bits per heavy atom. The van der Waals surface area contributed by atoms with Gasteiger partial charge in [-0.05, 0) is 55.0 Å². The Hall–Kier alpha value is -1.57. The lowest BCUT2D eigenvalue weighted by molar-refractivity contribution is -0.114. The molecular formula is C16H20O2. The zero-order valence-corrected chi connectivity index (χ0v) is 10.9. The van der Waals surface area contributed by atoms with Gasteiger partial charge in [-0.15, -0.1) is 0 Å². The van der Waals surface area contributed by atoms with Gasteiger partial charge < -0.3 is 4.74 Å². The van der Waals surface area contributed by atoms with Crippen LogP contribution in [0.2, 0.25) is 0 Å². The molecule has 1 aliphatic rings. The molecule has 1 aromatic carbocycles. The number of rotatable bonds is 4. The van der Waals surface area contributed by atoms with Crippen LogP contribution in [-0.2, 0) is 4.79 Å². The van der Waals surface area contributed by atoms with E-state index in [9.17, 15) is 4.79 Å². The summed E-state index contributed by atoms with van der Waals surface area (Å²) in [6.07, 6.45) is 6.64. The summed E-state index contributed by atoms with van der Waals surface area (Å²) in [5.41, 5.74) is 2.31. The quantitative estimate of drug-likeness (QED) is 0.800. The maximum atomic E-state index is 11.6. The number of benzene rings is 1. The third-order valence-corrected chi connectivity index (χ3v) is 3.15. The smallest absolute Gasteiger partial charge is 0.155 e. The lowest BCUT2D eigenvalue weighted by Gasteiger charge is -2.08. The Kier molecular flexibility index (Phi) is 4.57. The third-order valence-electron chi connectivity index (χ3n) is 3.15. The van der Waals surface area contributed by atoms with Crippen molar-refractivity contribution in [3.8, 4) is 5.75 Å². The summed E-state index contributed by atoms with van der Waals surface area (Å²) in [6, 6.07) is 8.08. The molecule has 0 fully saturated rings. The minimum absolute atomic E-state index is 0.258. The molecule has 0 unspecified atom stereocenters. The van der Waals surface area contributed by atoms with Gasteiger partial charge in [0.1, 0.15) is 5.75 Å². The van der Waals surface area contributed by atoms with E-state index in [1.807, 2.05) is 18.2 Å². The van der Waals surface area contributed by atoms with E-state index in [1.165, 1.54) is 5.57 Å². The van der Waals surface area contributed by atoms with Gasteiger partial charge in [-0.2, -0.15) is 0 Å². The van der Waals surface area contributed by atoms with Crippen LogP contribution in [0, 0.1) is 0 Å². The van der Waals surface area contributed by atoms with Gasteiger partial charge in [0.05, 0.1) is 6.61 Å². The fourth-order valence-corrected chi connectivity index (χ4v) is 2.17. The van der Waals surface area contributed by atoms with Crippen molar-refractivity contribution in [1.82, 2.24) is 0 Å². The molecule has 0 aliphatic heterocycles. The summed E-state index contributed by atoms with van der Waals surface area (Å²) in [5.74, 6) is 1.16. The highest BCUT2D eigenvalue weighted by Gasteiger charge is 2.10. The average Bonchev–Trinajstić information content (AvgIpc) is 2.62. The van der Waals surface area contributed by atoms with Crippen LogP contribution in [0.4, 0.5) is 0 Å². The zero-order chi connectivity index (χ0) is 12.8. The number of carbonyl (C=O) groups is 1. The summed E-state index contributed by atoms with van der Waals surface area (Å²) < 4.78 is 5.56. The summed E-state index contributed by atoms with van der Waals surface area (Å²) in [7, 11) is 0. The van der Waals surface area contributed by atoms with Crippen molar-refractivity contribution >= 4 is 11.4 Å². The second-order valence-electron chi connectivity index (χ2n) is 4.72. The average molecular weight is 244 g/mol. The predicted molar refractivity (Wildman–Crippen MR) is 73.7 cm³/mol. The monoisotopic (exact) mass is 244 g/mol. The maximum absolute atomic E-state index is 11.6. The van der Waals surface area contributed by atoms with Crippen molar-refractivity contribution in [1.29, 1.82) is 0 Å². The van der Waals surface area contributed by atoms with E-state index in [1.54, 1.807) is 0 Å². The van der Waals surface area contributed by atoms with Crippen LogP contribution in [0.1, 0.15) is 44.6 Å². The normalized spacial score (nSPS) is 16.1. The molecular weight excluding hydrogens is 224 g/mol. The standard InChI is InChI=1S/C16H20O2/c1-2-11-18-16-9-7-13(8-10-16)14-5-3-4-6-15(17)12-14/h7-10,12H,2-6,11H2,1H3. The minimum Gasteiger partial charge on any atom is -0.494 e. The van der Waals surface area contributed by atoms with Crippen LogP contribution in [0.15, 0.2) is 30.3 Å². The molecule has 0 spiro atoms. The van der Waals surface area contributed by atoms with Crippen LogP contribution in [-0.4, -0.2) is 12.4 Å². The summed E-state index contributed by atoms with van der Waals surface area (Å²) in [6.45, 7) is 2.84. The molecule has 96 valence electrons. The summed E-state index contributed by atoms with van der Waals surface area (Å²) >= 11 is 0. The van der Waals surface area contributed by atoms with Crippen molar-refractivity contribution in [3.05, 3.63) is 35.9 Å². The molecule has 0 N–H and O–H groups in total. The van der Waals surface area contributed by atoms with Crippen LogP contribution < -0.4 is 4.74 Å². The third kappa shape index (κ3) is 3.46. The van der Waals surface area contributed by atoms with Gasteiger partial charge in [-0.3, -0.25) is 4.79 Å². The second-order valence-corrected chi connectivity index (χ2v) is 4.72. The van der Waals surface area contributed by atoms with Crippen molar-refractivity contribution in [2.75, 3.05) is 6.61 Å². The van der Waals surface area contributed by atoms with Gasteiger partial charge in [0.2, 0.25) is 0 Å². The van der Waals surface area contributed by atoms with Crippen LogP contribution >= 0.6 is 0 Å². The van der Waals surface area contributed by atoms with Crippen molar-refractivity contribution in [2.24, 2.45) is 0 Å². The molecule has 0 bridgehead atoms. The Morgan fingerprint density at radius 3 is 2.56 bits per heavy atom. The van der Waals surface area contributed by atoms with E-state index >= 15 is 0 Å². The highest BCUT2D eigenvalue weighted by Crippen LogP contribution is 2.26. The summed E-state index contributed by atoms with van der Waals surface area (Å²) in [5, 5.41) is 0. The number of hydrogen-bond donors (Lipinski definition) is 0. The highest BCUT2D eigenvalue weighted by atomic mass is 16.5. The number of ether oxygens (including phenoxy) is 1. The van der Waals surface area contributed by atoms with E-state index < -0.39 is 0 Å². The Labute approximate surface area is 109 Å². The lowest BCUT2D eigenvalue weighted by atomic mass is 10.0. The predicted octanol–water partition coefficient (Wildman–Crippen LogP) is 4.00. The van der Waals surface area contributed by atoms with E-state index in [4.69, 9.17) is 4.74 Å². The first kappa shape index (κ1) is 12.9. The minimum atomic E-state index is 0.258. The topological polar surface area (TPSA) is 26.3 Å². The molecule has 18 heavy (non-hydrogen) atoms. The number of ketones is 1. The first-order valence-electron chi connectivity index (χ1n) is 6.76. The van der Waals surface area contributed by atoms with Gasteiger partial charge in [-0.1, -0.05) is 19.1 Å².